The Kier molecular flexibility index (Phi) is 8.61. The van der Waals surface area contributed by atoms with Gasteiger partial charge in [0, 0.05) is 0 Å². The number of carboxylic acids is 1. The Hall–Kier alpha value is -1.59. The zero-order chi connectivity index (χ0) is 14.0. The van der Waals surface area contributed by atoms with Crippen molar-refractivity contribution in [2.75, 3.05) is 0 Å². The van der Waals surface area contributed by atoms with Crippen LogP contribution in [0.1, 0.15) is 52.4 Å². The highest BCUT2D eigenvalue weighted by atomic mass is 17.2. The van der Waals surface area contributed by atoms with Crippen LogP contribution in [0.25, 0.3) is 0 Å². The van der Waals surface area contributed by atoms with Crippen molar-refractivity contribution in [3.05, 3.63) is 0 Å². The fourth-order valence-electron chi connectivity index (χ4n) is 1.35. The van der Waals surface area contributed by atoms with E-state index in [-0.39, 0.29) is 18.8 Å². The summed E-state index contributed by atoms with van der Waals surface area (Å²) in [6.07, 6.45) is 2.53. The number of unbranched alkanes of at least 4 members (excludes halogenated alkanes) is 1. The summed E-state index contributed by atoms with van der Waals surface area (Å²) < 4.78 is 0. The van der Waals surface area contributed by atoms with Crippen molar-refractivity contribution in [2.45, 2.75) is 52.4 Å². The second-order valence-corrected chi connectivity index (χ2v) is 4.00. The lowest BCUT2D eigenvalue weighted by atomic mass is 10.00. The average molecular weight is 260 g/mol. The molecule has 0 aliphatic heterocycles. The first kappa shape index (κ1) is 16.4. The van der Waals surface area contributed by atoms with Crippen LogP contribution >= 0.6 is 0 Å². The number of aliphatic carboxylic acids is 1. The van der Waals surface area contributed by atoms with Crippen molar-refractivity contribution >= 4 is 17.9 Å². The Bertz CT molecular complexity index is 286. The summed E-state index contributed by atoms with van der Waals surface area (Å²) in [5, 5.41) is 8.35. The molecule has 0 aliphatic carbocycles. The SMILES string of the molecule is CCCCC(CC)C(=O)OOC(=O)CCC(=O)O. The maximum Gasteiger partial charge on any atom is 0.358 e. The fourth-order valence-corrected chi connectivity index (χ4v) is 1.35. The molecule has 1 unspecified atom stereocenters. The van der Waals surface area contributed by atoms with E-state index in [1.807, 2.05) is 13.8 Å². The molecule has 0 saturated heterocycles. The smallest absolute Gasteiger partial charge is 0.358 e. The third-order valence-electron chi connectivity index (χ3n) is 2.49. The quantitative estimate of drug-likeness (QED) is 0.530. The van der Waals surface area contributed by atoms with Gasteiger partial charge in [0.1, 0.15) is 0 Å². The number of hydrogen-bond acceptors (Lipinski definition) is 5. The summed E-state index contributed by atoms with van der Waals surface area (Å²) in [4.78, 5) is 41.4. The molecule has 0 amide bonds. The van der Waals surface area contributed by atoms with Crippen LogP contribution in [-0.4, -0.2) is 23.0 Å². The number of rotatable bonds is 8. The van der Waals surface area contributed by atoms with Crippen molar-refractivity contribution in [2.24, 2.45) is 5.92 Å². The predicted octanol–water partition coefficient (Wildman–Crippen LogP) is 2.07. The van der Waals surface area contributed by atoms with Gasteiger partial charge in [0.2, 0.25) is 0 Å². The minimum absolute atomic E-state index is 0.280. The zero-order valence-corrected chi connectivity index (χ0v) is 10.8. The van der Waals surface area contributed by atoms with Crippen LogP contribution in [0.15, 0.2) is 0 Å². The van der Waals surface area contributed by atoms with E-state index in [0.717, 1.165) is 12.8 Å². The van der Waals surface area contributed by atoms with Gasteiger partial charge in [-0.05, 0) is 12.8 Å². The van der Waals surface area contributed by atoms with E-state index in [2.05, 4.69) is 9.78 Å². The second-order valence-electron chi connectivity index (χ2n) is 4.00. The van der Waals surface area contributed by atoms with Gasteiger partial charge in [-0.25, -0.2) is 19.4 Å². The lowest BCUT2D eigenvalue weighted by molar-refractivity contribution is -0.262. The van der Waals surface area contributed by atoms with E-state index < -0.39 is 17.9 Å². The standard InChI is InChI=1S/C12H20O6/c1-3-5-6-9(4-2)12(16)18-17-11(15)8-7-10(13)14/h9H,3-8H2,1-2H3,(H,13,14). The van der Waals surface area contributed by atoms with Crippen molar-refractivity contribution < 1.29 is 29.3 Å². The largest absolute Gasteiger partial charge is 0.481 e. The van der Waals surface area contributed by atoms with Crippen molar-refractivity contribution in [3.8, 4) is 0 Å². The molecule has 0 fully saturated rings. The summed E-state index contributed by atoms with van der Waals surface area (Å²) in [6, 6.07) is 0. The van der Waals surface area contributed by atoms with E-state index in [4.69, 9.17) is 5.11 Å². The highest BCUT2D eigenvalue weighted by Crippen LogP contribution is 2.14. The molecule has 0 rings (SSSR count). The first-order valence-corrected chi connectivity index (χ1v) is 6.14. The summed E-state index contributed by atoms with van der Waals surface area (Å²) in [5.41, 5.74) is 0. The number of carbonyl (C=O) groups excluding carboxylic acids is 2. The Morgan fingerprint density at radius 1 is 1.11 bits per heavy atom. The lowest BCUT2D eigenvalue weighted by Gasteiger charge is -2.11. The van der Waals surface area contributed by atoms with E-state index in [1.165, 1.54) is 0 Å². The number of carbonyl (C=O) groups is 3. The zero-order valence-electron chi connectivity index (χ0n) is 10.8. The maximum atomic E-state index is 11.5. The van der Waals surface area contributed by atoms with Gasteiger partial charge in [0.25, 0.3) is 0 Å². The molecule has 0 heterocycles. The third kappa shape index (κ3) is 7.65. The molecular formula is C12H20O6. The van der Waals surface area contributed by atoms with Crippen LogP contribution in [0.3, 0.4) is 0 Å². The lowest BCUT2D eigenvalue weighted by Crippen LogP contribution is -2.19. The number of hydrogen-bond donors (Lipinski definition) is 1. The van der Waals surface area contributed by atoms with Crippen LogP contribution in [0.2, 0.25) is 0 Å². The molecule has 0 radical (unpaired) electrons. The Balaban J connectivity index is 3.91. The average Bonchev–Trinajstić information content (AvgIpc) is 2.34. The van der Waals surface area contributed by atoms with Crippen LogP contribution in [0, 0.1) is 5.92 Å². The summed E-state index contributed by atoms with van der Waals surface area (Å²) >= 11 is 0. The third-order valence-corrected chi connectivity index (χ3v) is 2.49. The van der Waals surface area contributed by atoms with Gasteiger partial charge in [-0.2, -0.15) is 0 Å². The van der Waals surface area contributed by atoms with Crippen molar-refractivity contribution in [1.82, 2.24) is 0 Å². The minimum atomic E-state index is -1.10. The molecule has 0 spiro atoms. The molecule has 1 atom stereocenters. The molecule has 0 aromatic carbocycles. The first-order chi connectivity index (χ1) is 8.51. The van der Waals surface area contributed by atoms with Gasteiger partial charge in [-0.15, -0.1) is 0 Å². The Morgan fingerprint density at radius 2 is 1.78 bits per heavy atom. The summed E-state index contributed by atoms with van der Waals surface area (Å²) in [5.74, 6) is -2.81. The van der Waals surface area contributed by atoms with E-state index >= 15 is 0 Å². The molecular weight excluding hydrogens is 240 g/mol. The highest BCUT2D eigenvalue weighted by molar-refractivity contribution is 5.77. The van der Waals surface area contributed by atoms with Crippen LogP contribution < -0.4 is 0 Å². The van der Waals surface area contributed by atoms with Gasteiger partial charge >= 0.3 is 17.9 Å². The molecule has 6 nitrogen and oxygen atoms in total. The first-order valence-electron chi connectivity index (χ1n) is 6.14. The van der Waals surface area contributed by atoms with Gasteiger partial charge in [0.05, 0.1) is 18.8 Å². The predicted molar refractivity (Wildman–Crippen MR) is 62.4 cm³/mol. The van der Waals surface area contributed by atoms with Crippen molar-refractivity contribution in [3.63, 3.8) is 0 Å². The normalized spacial score (nSPS) is 11.7. The van der Waals surface area contributed by atoms with Gasteiger partial charge < -0.3 is 5.11 Å². The molecule has 0 aromatic heterocycles. The van der Waals surface area contributed by atoms with Gasteiger partial charge in [-0.1, -0.05) is 26.7 Å². The van der Waals surface area contributed by atoms with Gasteiger partial charge in [-0.3, -0.25) is 4.79 Å². The Morgan fingerprint density at radius 3 is 2.28 bits per heavy atom. The Labute approximate surface area is 106 Å². The minimum Gasteiger partial charge on any atom is -0.481 e. The molecule has 104 valence electrons. The summed E-state index contributed by atoms with van der Waals surface area (Å²) in [6.45, 7) is 3.87. The van der Waals surface area contributed by atoms with Crippen LogP contribution in [-0.2, 0) is 24.2 Å². The maximum absolute atomic E-state index is 11.5. The molecule has 18 heavy (non-hydrogen) atoms. The van der Waals surface area contributed by atoms with Crippen molar-refractivity contribution in [1.29, 1.82) is 0 Å². The van der Waals surface area contributed by atoms with E-state index in [9.17, 15) is 14.4 Å². The fraction of sp³-hybridized carbons (Fsp3) is 0.750. The molecule has 6 heteroatoms. The molecule has 0 saturated carbocycles. The molecule has 0 aliphatic rings. The van der Waals surface area contributed by atoms with Crippen LogP contribution in [0.5, 0.6) is 0 Å². The summed E-state index contributed by atoms with van der Waals surface area (Å²) in [7, 11) is 0. The van der Waals surface area contributed by atoms with E-state index in [0.29, 0.717) is 12.8 Å². The molecule has 0 bridgehead atoms. The highest BCUT2D eigenvalue weighted by Gasteiger charge is 2.20. The molecule has 1 N–H and O–H groups in total. The van der Waals surface area contributed by atoms with Gasteiger partial charge in [0.15, 0.2) is 0 Å². The monoisotopic (exact) mass is 260 g/mol. The van der Waals surface area contributed by atoms with E-state index in [1.54, 1.807) is 0 Å². The second kappa shape index (κ2) is 9.44. The number of carboxylic acid groups (broad SMARTS) is 1. The molecule has 0 aromatic rings. The topological polar surface area (TPSA) is 89.9 Å². The van der Waals surface area contributed by atoms with Crippen LogP contribution in [0.4, 0.5) is 0 Å².